The SMILES string of the molecule is CCOc1ccc(CNC(=O)c2cc(OC)c(C)c(OC)c2)cc1OC. The minimum Gasteiger partial charge on any atom is -0.496 e. The van der Waals surface area contributed by atoms with E-state index >= 15 is 0 Å². The second-order valence-corrected chi connectivity index (χ2v) is 5.61. The predicted octanol–water partition coefficient (Wildman–Crippen LogP) is 3.35. The predicted molar refractivity (Wildman–Crippen MR) is 99.6 cm³/mol. The van der Waals surface area contributed by atoms with Gasteiger partial charge in [-0.05, 0) is 43.7 Å². The number of rotatable bonds is 8. The zero-order chi connectivity index (χ0) is 19.1. The van der Waals surface area contributed by atoms with E-state index in [1.807, 2.05) is 32.0 Å². The first kappa shape index (κ1) is 19.4. The van der Waals surface area contributed by atoms with Gasteiger partial charge in [-0.25, -0.2) is 0 Å². The van der Waals surface area contributed by atoms with Gasteiger partial charge in [-0.3, -0.25) is 4.79 Å². The number of amides is 1. The highest BCUT2D eigenvalue weighted by atomic mass is 16.5. The third-order valence-electron chi connectivity index (χ3n) is 4.00. The molecule has 1 N–H and O–H groups in total. The number of carbonyl (C=O) groups is 1. The highest BCUT2D eigenvalue weighted by Gasteiger charge is 2.14. The molecule has 0 radical (unpaired) electrons. The molecular weight excluding hydrogens is 334 g/mol. The molecule has 140 valence electrons. The molecule has 2 aromatic rings. The molecule has 0 heterocycles. The van der Waals surface area contributed by atoms with Crippen LogP contribution >= 0.6 is 0 Å². The Kier molecular flexibility index (Phi) is 6.72. The topological polar surface area (TPSA) is 66.0 Å². The first-order chi connectivity index (χ1) is 12.5. The van der Waals surface area contributed by atoms with E-state index < -0.39 is 0 Å². The fourth-order valence-corrected chi connectivity index (χ4v) is 2.60. The molecule has 0 unspecified atom stereocenters. The molecule has 0 spiro atoms. The second-order valence-electron chi connectivity index (χ2n) is 5.61. The van der Waals surface area contributed by atoms with Gasteiger partial charge in [0.1, 0.15) is 11.5 Å². The Bertz CT molecular complexity index is 748. The standard InChI is InChI=1S/C20H25NO5/c1-6-26-16-8-7-14(9-19(16)25-5)12-21-20(22)15-10-17(23-3)13(2)18(11-15)24-4/h7-11H,6,12H2,1-5H3,(H,21,22). The van der Waals surface area contributed by atoms with E-state index in [4.69, 9.17) is 18.9 Å². The van der Waals surface area contributed by atoms with Crippen molar-refractivity contribution in [1.29, 1.82) is 0 Å². The van der Waals surface area contributed by atoms with Crippen LogP contribution in [-0.2, 0) is 6.54 Å². The molecule has 1 amide bonds. The summed E-state index contributed by atoms with van der Waals surface area (Å²) in [6.07, 6.45) is 0. The number of methoxy groups -OCH3 is 3. The van der Waals surface area contributed by atoms with Crippen molar-refractivity contribution >= 4 is 5.91 Å². The van der Waals surface area contributed by atoms with E-state index in [-0.39, 0.29) is 5.91 Å². The molecule has 6 heteroatoms. The molecule has 0 atom stereocenters. The Labute approximate surface area is 154 Å². The van der Waals surface area contributed by atoms with Gasteiger partial charge in [0.25, 0.3) is 5.91 Å². The Balaban J connectivity index is 2.14. The van der Waals surface area contributed by atoms with Crippen LogP contribution in [0.2, 0.25) is 0 Å². The fraction of sp³-hybridized carbons (Fsp3) is 0.350. The van der Waals surface area contributed by atoms with E-state index in [0.717, 1.165) is 11.1 Å². The van der Waals surface area contributed by atoms with Crippen molar-refractivity contribution in [3.63, 3.8) is 0 Å². The lowest BCUT2D eigenvalue weighted by atomic mass is 10.1. The van der Waals surface area contributed by atoms with Crippen LogP contribution in [-0.4, -0.2) is 33.8 Å². The minimum absolute atomic E-state index is 0.213. The van der Waals surface area contributed by atoms with Gasteiger partial charge in [-0.1, -0.05) is 6.07 Å². The number of ether oxygens (including phenoxy) is 4. The summed E-state index contributed by atoms with van der Waals surface area (Å²) in [5.41, 5.74) is 2.23. The molecule has 2 aromatic carbocycles. The summed E-state index contributed by atoms with van der Waals surface area (Å²) in [6.45, 7) is 4.72. The number of benzene rings is 2. The van der Waals surface area contributed by atoms with Crippen molar-refractivity contribution in [2.24, 2.45) is 0 Å². The molecular formula is C20H25NO5. The third kappa shape index (κ3) is 4.39. The summed E-state index contributed by atoms with van der Waals surface area (Å²) in [7, 11) is 4.72. The van der Waals surface area contributed by atoms with Crippen LogP contribution in [0.15, 0.2) is 30.3 Å². The van der Waals surface area contributed by atoms with Gasteiger partial charge in [0.2, 0.25) is 0 Å². The number of carbonyl (C=O) groups excluding carboxylic acids is 1. The maximum absolute atomic E-state index is 12.5. The van der Waals surface area contributed by atoms with Crippen LogP contribution in [0.4, 0.5) is 0 Å². The van der Waals surface area contributed by atoms with E-state index in [0.29, 0.717) is 41.7 Å². The van der Waals surface area contributed by atoms with Gasteiger partial charge >= 0.3 is 0 Å². The van der Waals surface area contributed by atoms with E-state index in [9.17, 15) is 4.79 Å². The van der Waals surface area contributed by atoms with Gasteiger partial charge in [0, 0.05) is 17.7 Å². The van der Waals surface area contributed by atoms with Crippen LogP contribution < -0.4 is 24.3 Å². The van der Waals surface area contributed by atoms with Gasteiger partial charge < -0.3 is 24.3 Å². The van der Waals surface area contributed by atoms with Gasteiger partial charge in [0.05, 0.1) is 27.9 Å². The van der Waals surface area contributed by atoms with Gasteiger partial charge in [-0.2, -0.15) is 0 Å². The molecule has 0 aliphatic heterocycles. The summed E-state index contributed by atoms with van der Waals surface area (Å²) in [6, 6.07) is 8.98. The Morgan fingerprint density at radius 3 is 2.08 bits per heavy atom. The molecule has 0 fully saturated rings. The fourth-order valence-electron chi connectivity index (χ4n) is 2.60. The molecule has 0 saturated carbocycles. The molecule has 26 heavy (non-hydrogen) atoms. The van der Waals surface area contributed by atoms with Gasteiger partial charge in [0.15, 0.2) is 11.5 Å². The van der Waals surface area contributed by atoms with Crippen molar-refractivity contribution in [3.05, 3.63) is 47.0 Å². The molecule has 6 nitrogen and oxygen atoms in total. The quantitative estimate of drug-likeness (QED) is 0.783. The monoisotopic (exact) mass is 359 g/mol. The Morgan fingerprint density at radius 1 is 0.923 bits per heavy atom. The number of hydrogen-bond acceptors (Lipinski definition) is 5. The second kappa shape index (κ2) is 8.99. The Hall–Kier alpha value is -2.89. The van der Waals surface area contributed by atoms with Crippen LogP contribution in [0.5, 0.6) is 23.0 Å². The highest BCUT2D eigenvalue weighted by molar-refractivity contribution is 5.95. The molecule has 0 aromatic heterocycles. The average Bonchev–Trinajstić information content (AvgIpc) is 2.67. The smallest absolute Gasteiger partial charge is 0.251 e. The van der Waals surface area contributed by atoms with Crippen molar-refractivity contribution in [2.45, 2.75) is 20.4 Å². The summed E-state index contributed by atoms with van der Waals surface area (Å²) in [5, 5.41) is 2.89. The lowest BCUT2D eigenvalue weighted by Crippen LogP contribution is -2.23. The lowest BCUT2D eigenvalue weighted by Gasteiger charge is -2.13. The summed E-state index contributed by atoms with van der Waals surface area (Å²) < 4.78 is 21.5. The zero-order valence-electron chi connectivity index (χ0n) is 15.8. The zero-order valence-corrected chi connectivity index (χ0v) is 15.8. The molecule has 0 aliphatic rings. The average molecular weight is 359 g/mol. The molecule has 2 rings (SSSR count). The largest absolute Gasteiger partial charge is 0.496 e. The van der Waals surface area contributed by atoms with Crippen LogP contribution in [0.3, 0.4) is 0 Å². The highest BCUT2D eigenvalue weighted by Crippen LogP contribution is 2.30. The van der Waals surface area contributed by atoms with Crippen molar-refractivity contribution in [3.8, 4) is 23.0 Å². The maximum atomic E-state index is 12.5. The van der Waals surface area contributed by atoms with Crippen LogP contribution in [0.1, 0.15) is 28.4 Å². The van der Waals surface area contributed by atoms with Crippen LogP contribution in [0, 0.1) is 6.92 Å². The normalized spacial score (nSPS) is 10.2. The number of hydrogen-bond donors (Lipinski definition) is 1. The van der Waals surface area contributed by atoms with Gasteiger partial charge in [-0.15, -0.1) is 0 Å². The van der Waals surface area contributed by atoms with Crippen molar-refractivity contribution < 1.29 is 23.7 Å². The van der Waals surface area contributed by atoms with Crippen LogP contribution in [0.25, 0.3) is 0 Å². The summed E-state index contributed by atoms with van der Waals surface area (Å²) >= 11 is 0. The molecule has 0 saturated heterocycles. The molecule has 0 bridgehead atoms. The Morgan fingerprint density at radius 2 is 1.54 bits per heavy atom. The number of nitrogens with one attached hydrogen (secondary N) is 1. The third-order valence-corrected chi connectivity index (χ3v) is 4.00. The van der Waals surface area contributed by atoms with Crippen molar-refractivity contribution in [1.82, 2.24) is 5.32 Å². The minimum atomic E-state index is -0.213. The van der Waals surface area contributed by atoms with E-state index in [2.05, 4.69) is 5.32 Å². The van der Waals surface area contributed by atoms with E-state index in [1.165, 1.54) is 0 Å². The lowest BCUT2D eigenvalue weighted by molar-refractivity contribution is 0.0950. The molecule has 0 aliphatic carbocycles. The first-order valence-electron chi connectivity index (χ1n) is 8.34. The van der Waals surface area contributed by atoms with Crippen molar-refractivity contribution in [2.75, 3.05) is 27.9 Å². The summed E-state index contributed by atoms with van der Waals surface area (Å²) in [4.78, 5) is 12.5. The first-order valence-corrected chi connectivity index (χ1v) is 8.34. The van der Waals surface area contributed by atoms with E-state index in [1.54, 1.807) is 33.5 Å². The maximum Gasteiger partial charge on any atom is 0.251 e. The summed E-state index contributed by atoms with van der Waals surface area (Å²) in [5.74, 6) is 2.32.